The van der Waals surface area contributed by atoms with Gasteiger partial charge in [-0.05, 0) is 43.5 Å². The van der Waals surface area contributed by atoms with E-state index in [0.717, 1.165) is 26.2 Å². The lowest BCUT2D eigenvalue weighted by atomic mass is 9.99. The number of nitrogens with one attached hydrogen (secondary N) is 1. The third-order valence-electron chi connectivity index (χ3n) is 3.49. The van der Waals surface area contributed by atoms with Crippen LogP contribution in [0.4, 0.5) is 5.69 Å². The Kier molecular flexibility index (Phi) is 4.43. The lowest BCUT2D eigenvalue weighted by Gasteiger charge is -2.32. The van der Waals surface area contributed by atoms with Crippen LogP contribution in [0.25, 0.3) is 0 Å². The van der Waals surface area contributed by atoms with E-state index in [9.17, 15) is 0 Å². The minimum Gasteiger partial charge on any atom is -0.367 e. The summed E-state index contributed by atoms with van der Waals surface area (Å²) in [6.07, 6.45) is 2.47. The first-order chi connectivity index (χ1) is 8.70. The zero-order valence-electron chi connectivity index (χ0n) is 11.6. The second-order valence-corrected chi connectivity index (χ2v) is 5.19. The molecule has 1 N–H and O–H groups in total. The Morgan fingerprint density at radius 3 is 3.06 bits per heavy atom. The van der Waals surface area contributed by atoms with E-state index in [1.165, 1.54) is 35.2 Å². The fourth-order valence-corrected chi connectivity index (χ4v) is 2.60. The van der Waals surface area contributed by atoms with Crippen molar-refractivity contribution in [2.45, 2.75) is 26.7 Å². The molecule has 2 rings (SSSR count). The van der Waals surface area contributed by atoms with E-state index in [4.69, 9.17) is 0 Å². The van der Waals surface area contributed by atoms with Gasteiger partial charge in [-0.2, -0.15) is 0 Å². The van der Waals surface area contributed by atoms with Crippen molar-refractivity contribution in [1.82, 2.24) is 5.32 Å². The van der Waals surface area contributed by atoms with Crippen molar-refractivity contribution in [1.29, 1.82) is 0 Å². The molecule has 1 heterocycles. The van der Waals surface area contributed by atoms with Gasteiger partial charge in [0, 0.05) is 25.3 Å². The summed E-state index contributed by atoms with van der Waals surface area (Å²) in [5.41, 5.74) is 5.54. The molecule has 2 nitrogen and oxygen atoms in total. The summed E-state index contributed by atoms with van der Waals surface area (Å²) in [6, 6.07) is 6.81. The zero-order valence-corrected chi connectivity index (χ0v) is 11.6. The molecule has 18 heavy (non-hydrogen) atoms. The lowest BCUT2D eigenvalue weighted by molar-refractivity contribution is 0.693. The summed E-state index contributed by atoms with van der Waals surface area (Å²) in [5, 5.41) is 3.34. The van der Waals surface area contributed by atoms with Crippen LogP contribution < -0.4 is 10.2 Å². The molecule has 0 spiro atoms. The molecule has 0 bridgehead atoms. The molecule has 2 heteroatoms. The molecule has 1 aromatic rings. The first kappa shape index (κ1) is 13.2. The van der Waals surface area contributed by atoms with Crippen molar-refractivity contribution in [3.8, 4) is 0 Å². The summed E-state index contributed by atoms with van der Waals surface area (Å²) < 4.78 is 0. The number of likely N-dealkylation sites (N-methyl/N-ethyl adjacent to an activating group) is 1. The van der Waals surface area contributed by atoms with E-state index in [1.807, 2.05) is 0 Å². The van der Waals surface area contributed by atoms with Crippen LogP contribution in [0.3, 0.4) is 0 Å². The highest BCUT2D eigenvalue weighted by atomic mass is 15.1. The lowest BCUT2D eigenvalue weighted by Crippen LogP contribution is -2.33. The second kappa shape index (κ2) is 6.05. The minimum atomic E-state index is 0.925. The van der Waals surface area contributed by atoms with Gasteiger partial charge in [-0.1, -0.05) is 31.2 Å². The van der Waals surface area contributed by atoms with Crippen LogP contribution in [-0.2, 0) is 6.42 Å². The summed E-state index contributed by atoms with van der Waals surface area (Å²) in [6.45, 7) is 12.5. The Bertz CT molecular complexity index is 423. The van der Waals surface area contributed by atoms with Crippen molar-refractivity contribution in [3.05, 3.63) is 41.5 Å². The Hall–Kier alpha value is -1.28. The minimum absolute atomic E-state index is 0.925. The fraction of sp³-hybridized carbons (Fsp3) is 0.500. The maximum atomic E-state index is 4.17. The third-order valence-corrected chi connectivity index (χ3v) is 3.49. The van der Waals surface area contributed by atoms with Gasteiger partial charge in [0.05, 0.1) is 0 Å². The molecule has 1 aliphatic rings. The van der Waals surface area contributed by atoms with E-state index >= 15 is 0 Å². The average molecular weight is 244 g/mol. The molecule has 0 fully saturated rings. The van der Waals surface area contributed by atoms with E-state index < -0.39 is 0 Å². The van der Waals surface area contributed by atoms with E-state index in [0.29, 0.717) is 0 Å². The number of benzene rings is 1. The molecule has 0 saturated carbocycles. The largest absolute Gasteiger partial charge is 0.367 e. The van der Waals surface area contributed by atoms with Gasteiger partial charge in [0.15, 0.2) is 0 Å². The van der Waals surface area contributed by atoms with Crippen LogP contribution in [-0.4, -0.2) is 26.2 Å². The topological polar surface area (TPSA) is 15.3 Å². The molecule has 1 aromatic carbocycles. The molecular formula is C16H24N2. The van der Waals surface area contributed by atoms with Crippen LogP contribution in [0, 0.1) is 6.92 Å². The van der Waals surface area contributed by atoms with Crippen LogP contribution in [0.5, 0.6) is 0 Å². The van der Waals surface area contributed by atoms with Gasteiger partial charge < -0.3 is 10.2 Å². The molecule has 0 aliphatic carbocycles. The zero-order chi connectivity index (χ0) is 13.0. The molecule has 0 amide bonds. The Morgan fingerprint density at radius 2 is 2.28 bits per heavy atom. The Balaban J connectivity index is 2.06. The number of aryl methyl sites for hydroxylation is 2. The number of nitrogens with zero attached hydrogens (tertiary/aromatic N) is 1. The third kappa shape index (κ3) is 3.14. The maximum absolute atomic E-state index is 4.17. The quantitative estimate of drug-likeness (QED) is 0.801. The van der Waals surface area contributed by atoms with E-state index in [2.05, 4.69) is 48.8 Å². The number of fused-ring (bicyclic) bond motifs is 1. The molecule has 0 radical (unpaired) electrons. The van der Waals surface area contributed by atoms with Crippen LogP contribution in [0.2, 0.25) is 0 Å². The Morgan fingerprint density at radius 1 is 1.44 bits per heavy atom. The molecular weight excluding hydrogens is 220 g/mol. The van der Waals surface area contributed by atoms with Crippen molar-refractivity contribution < 1.29 is 0 Å². The molecule has 98 valence electrons. The van der Waals surface area contributed by atoms with Crippen LogP contribution in [0.15, 0.2) is 30.4 Å². The predicted octanol–water partition coefficient (Wildman–Crippen LogP) is 2.91. The van der Waals surface area contributed by atoms with Gasteiger partial charge in [-0.3, -0.25) is 0 Å². The van der Waals surface area contributed by atoms with Crippen molar-refractivity contribution in [2.75, 3.05) is 31.1 Å². The highest BCUT2D eigenvalue weighted by molar-refractivity contribution is 5.57. The van der Waals surface area contributed by atoms with Crippen molar-refractivity contribution >= 4 is 5.69 Å². The number of hydrogen-bond donors (Lipinski definition) is 1. The summed E-state index contributed by atoms with van der Waals surface area (Å²) in [4.78, 5) is 2.47. The normalized spacial score (nSPS) is 14.4. The van der Waals surface area contributed by atoms with Gasteiger partial charge in [-0.15, -0.1) is 0 Å². The summed E-state index contributed by atoms with van der Waals surface area (Å²) in [5.74, 6) is 0. The molecule has 0 saturated heterocycles. The van der Waals surface area contributed by atoms with E-state index in [1.54, 1.807) is 0 Å². The average Bonchev–Trinajstić information content (AvgIpc) is 2.36. The van der Waals surface area contributed by atoms with Crippen molar-refractivity contribution in [2.24, 2.45) is 0 Å². The smallest absolute Gasteiger partial charge is 0.0401 e. The first-order valence-electron chi connectivity index (χ1n) is 6.92. The number of anilines is 1. The standard InChI is InChI=1S/C16H24N2/c1-4-17-11-14(3)12-18-9-5-6-15-10-13(2)7-8-16(15)18/h7-8,10,17H,3-6,9,11-12H2,1-2H3. The molecule has 0 atom stereocenters. The van der Waals surface area contributed by atoms with E-state index in [-0.39, 0.29) is 0 Å². The first-order valence-corrected chi connectivity index (χ1v) is 6.92. The van der Waals surface area contributed by atoms with Gasteiger partial charge in [0.1, 0.15) is 0 Å². The fourth-order valence-electron chi connectivity index (χ4n) is 2.60. The summed E-state index contributed by atoms with van der Waals surface area (Å²) >= 11 is 0. The highest BCUT2D eigenvalue weighted by Gasteiger charge is 2.16. The SMILES string of the molecule is C=C(CNCC)CN1CCCc2cc(C)ccc21. The number of hydrogen-bond acceptors (Lipinski definition) is 2. The number of rotatable bonds is 5. The van der Waals surface area contributed by atoms with Gasteiger partial charge in [-0.25, -0.2) is 0 Å². The summed E-state index contributed by atoms with van der Waals surface area (Å²) in [7, 11) is 0. The molecule has 0 aromatic heterocycles. The van der Waals surface area contributed by atoms with Gasteiger partial charge in [0.25, 0.3) is 0 Å². The van der Waals surface area contributed by atoms with Crippen LogP contribution in [0.1, 0.15) is 24.5 Å². The monoisotopic (exact) mass is 244 g/mol. The molecule has 1 aliphatic heterocycles. The van der Waals surface area contributed by atoms with Gasteiger partial charge >= 0.3 is 0 Å². The maximum Gasteiger partial charge on any atom is 0.0401 e. The highest BCUT2D eigenvalue weighted by Crippen LogP contribution is 2.28. The Labute approximate surface area is 111 Å². The van der Waals surface area contributed by atoms with Crippen LogP contribution >= 0.6 is 0 Å². The second-order valence-electron chi connectivity index (χ2n) is 5.19. The predicted molar refractivity (Wildman–Crippen MR) is 79.4 cm³/mol. The molecule has 0 unspecified atom stereocenters. The van der Waals surface area contributed by atoms with Gasteiger partial charge in [0.2, 0.25) is 0 Å². The van der Waals surface area contributed by atoms with Crippen molar-refractivity contribution in [3.63, 3.8) is 0 Å².